The van der Waals surface area contributed by atoms with E-state index in [1.54, 1.807) is 0 Å². The summed E-state index contributed by atoms with van der Waals surface area (Å²) in [5, 5.41) is 2.57. The van der Waals surface area contributed by atoms with Crippen molar-refractivity contribution in [2.75, 3.05) is 4.90 Å². The molecule has 0 aliphatic carbocycles. The van der Waals surface area contributed by atoms with Crippen LogP contribution in [0.2, 0.25) is 0 Å². The summed E-state index contributed by atoms with van der Waals surface area (Å²) in [7, 11) is 0. The minimum absolute atomic E-state index is 0.222. The van der Waals surface area contributed by atoms with E-state index in [-0.39, 0.29) is 6.71 Å². The van der Waals surface area contributed by atoms with E-state index < -0.39 is 0 Å². The zero-order valence-electron chi connectivity index (χ0n) is 23.1. The first-order chi connectivity index (χ1) is 20.2. The first-order valence-electron chi connectivity index (χ1n) is 14.4. The molecule has 0 radical (unpaired) electrons. The number of hydrogen-bond donors (Lipinski definition) is 0. The van der Waals surface area contributed by atoms with Crippen LogP contribution >= 0.6 is 0 Å². The number of rotatable bonds is 2. The molecule has 0 N–H and O–H groups in total. The van der Waals surface area contributed by atoms with E-state index in [1.165, 1.54) is 83.2 Å². The number of anilines is 3. The van der Waals surface area contributed by atoms with Crippen LogP contribution in [0.3, 0.4) is 0 Å². The van der Waals surface area contributed by atoms with Crippen molar-refractivity contribution in [1.82, 2.24) is 4.57 Å². The number of fused-ring (bicyclic) bond motifs is 8. The molecule has 0 fully saturated rings. The Morgan fingerprint density at radius 3 is 1.90 bits per heavy atom. The molecule has 2 aliphatic heterocycles. The molecular weight excluding hydrogens is 495 g/mol. The van der Waals surface area contributed by atoms with Crippen LogP contribution < -0.4 is 21.3 Å². The minimum Gasteiger partial charge on any atom is -0.311 e. The summed E-state index contributed by atoms with van der Waals surface area (Å²) in [6.07, 6.45) is 0. The van der Waals surface area contributed by atoms with E-state index in [4.69, 9.17) is 0 Å². The van der Waals surface area contributed by atoms with E-state index >= 15 is 0 Å². The summed E-state index contributed by atoms with van der Waals surface area (Å²) in [5.74, 6) is 0. The van der Waals surface area contributed by atoms with Crippen LogP contribution in [0.5, 0.6) is 0 Å². The topological polar surface area (TPSA) is 8.17 Å². The second-order valence-corrected chi connectivity index (χ2v) is 11.5. The molecule has 9 rings (SSSR count). The Hall–Kier alpha value is -5.02. The molecule has 2 nitrogen and oxygen atoms in total. The highest BCUT2D eigenvalue weighted by Crippen LogP contribution is 2.43. The van der Waals surface area contributed by atoms with Crippen LogP contribution in [-0.2, 0) is 0 Å². The highest BCUT2D eigenvalue weighted by Gasteiger charge is 2.42. The number of hydrogen-bond acceptors (Lipinski definition) is 1. The SMILES string of the molecule is Cc1ccc(N2c3ccc(C)cc3B3c4ccccc4-c4cc(-n5c6ccccc6c6ccccc65)cc2c43)cc1. The Morgan fingerprint density at radius 2 is 1.15 bits per heavy atom. The van der Waals surface area contributed by atoms with Gasteiger partial charge in [0.05, 0.1) is 11.0 Å². The average molecular weight is 522 g/mol. The highest BCUT2D eigenvalue weighted by molar-refractivity contribution is 7.01. The van der Waals surface area contributed by atoms with Gasteiger partial charge in [0.25, 0.3) is 0 Å². The monoisotopic (exact) mass is 522 g/mol. The molecule has 0 saturated carbocycles. The van der Waals surface area contributed by atoms with Crippen molar-refractivity contribution in [3.63, 3.8) is 0 Å². The van der Waals surface area contributed by atoms with Gasteiger partial charge in [-0.05, 0) is 78.4 Å². The van der Waals surface area contributed by atoms with Gasteiger partial charge < -0.3 is 9.47 Å². The molecule has 6 aromatic carbocycles. The molecule has 3 heterocycles. The van der Waals surface area contributed by atoms with E-state index in [1.807, 2.05) is 0 Å². The third-order valence-electron chi connectivity index (χ3n) is 9.10. The fraction of sp³-hybridized carbons (Fsp3) is 0.0526. The number of nitrogens with zero attached hydrogens (tertiary/aromatic N) is 2. The van der Waals surface area contributed by atoms with Gasteiger partial charge in [0.15, 0.2) is 0 Å². The maximum atomic E-state index is 2.49. The van der Waals surface area contributed by atoms with Crippen LogP contribution in [0.4, 0.5) is 17.1 Å². The lowest BCUT2D eigenvalue weighted by atomic mass is 9.37. The predicted molar refractivity (Wildman–Crippen MR) is 175 cm³/mol. The van der Waals surface area contributed by atoms with Gasteiger partial charge in [0, 0.05) is 33.5 Å². The smallest absolute Gasteiger partial charge is 0.248 e. The van der Waals surface area contributed by atoms with Gasteiger partial charge in [0.1, 0.15) is 0 Å². The van der Waals surface area contributed by atoms with Gasteiger partial charge in [-0.3, -0.25) is 0 Å². The predicted octanol–water partition coefficient (Wildman–Crippen LogP) is 7.68. The molecule has 7 aromatic rings. The molecule has 0 unspecified atom stereocenters. The van der Waals surface area contributed by atoms with Gasteiger partial charge in [0.2, 0.25) is 6.71 Å². The second kappa shape index (κ2) is 8.25. The second-order valence-electron chi connectivity index (χ2n) is 11.5. The fourth-order valence-corrected chi connectivity index (χ4v) is 7.35. The van der Waals surface area contributed by atoms with Crippen molar-refractivity contribution in [3.8, 4) is 16.8 Å². The molecule has 2 aliphatic rings. The number of aromatic nitrogens is 1. The quantitative estimate of drug-likeness (QED) is 0.212. The van der Waals surface area contributed by atoms with Crippen LogP contribution in [0.1, 0.15) is 11.1 Å². The summed E-state index contributed by atoms with van der Waals surface area (Å²) in [6, 6.07) is 47.4. The van der Waals surface area contributed by atoms with Crippen LogP contribution in [-0.4, -0.2) is 11.3 Å². The lowest BCUT2D eigenvalue weighted by Gasteiger charge is -2.36. The summed E-state index contributed by atoms with van der Waals surface area (Å²) in [5.41, 5.74) is 16.8. The molecule has 1 aromatic heterocycles. The molecule has 0 spiro atoms. The Labute approximate surface area is 240 Å². The summed E-state index contributed by atoms with van der Waals surface area (Å²) in [4.78, 5) is 2.49. The molecule has 0 amide bonds. The zero-order chi connectivity index (χ0) is 27.2. The maximum absolute atomic E-state index is 2.49. The third kappa shape index (κ3) is 3.09. The molecule has 192 valence electrons. The van der Waals surface area contributed by atoms with Crippen molar-refractivity contribution in [3.05, 3.63) is 139 Å². The van der Waals surface area contributed by atoms with Crippen molar-refractivity contribution >= 4 is 62.0 Å². The molecule has 0 saturated heterocycles. The van der Waals surface area contributed by atoms with E-state index in [9.17, 15) is 0 Å². The Kier molecular flexibility index (Phi) is 4.58. The average Bonchev–Trinajstić information content (AvgIpc) is 3.52. The fourth-order valence-electron chi connectivity index (χ4n) is 7.35. The van der Waals surface area contributed by atoms with Crippen molar-refractivity contribution < 1.29 is 0 Å². The lowest BCUT2D eigenvalue weighted by Crippen LogP contribution is -2.54. The third-order valence-corrected chi connectivity index (χ3v) is 9.10. The molecular formula is C38H27BN2. The van der Waals surface area contributed by atoms with Crippen LogP contribution in [0.15, 0.2) is 127 Å². The summed E-state index contributed by atoms with van der Waals surface area (Å²) < 4.78 is 2.45. The zero-order valence-corrected chi connectivity index (χ0v) is 23.1. The largest absolute Gasteiger partial charge is 0.311 e. The van der Waals surface area contributed by atoms with E-state index in [0.717, 1.165) is 0 Å². The summed E-state index contributed by atoms with van der Waals surface area (Å²) >= 11 is 0. The van der Waals surface area contributed by atoms with Gasteiger partial charge in [-0.15, -0.1) is 0 Å². The first-order valence-corrected chi connectivity index (χ1v) is 14.4. The summed E-state index contributed by atoms with van der Waals surface area (Å²) in [6.45, 7) is 4.59. The van der Waals surface area contributed by atoms with Gasteiger partial charge in [-0.2, -0.15) is 0 Å². The van der Waals surface area contributed by atoms with Gasteiger partial charge >= 0.3 is 0 Å². The Bertz CT molecular complexity index is 2130. The molecule has 0 atom stereocenters. The number of para-hydroxylation sites is 2. The molecule has 0 bridgehead atoms. The van der Waals surface area contributed by atoms with Crippen molar-refractivity contribution in [1.29, 1.82) is 0 Å². The molecule has 41 heavy (non-hydrogen) atoms. The standard InChI is InChI=1S/C38H27BN2/c1-24-15-18-26(19-16-24)40-36-20-17-25(2)21-33(36)39-32-12-6-3-9-28(32)31-22-27(23-37(40)38(31)39)41-34-13-7-4-10-29(34)30-11-5-8-14-35(30)41/h3-23H,1-2H3. The van der Waals surface area contributed by atoms with E-state index in [0.29, 0.717) is 0 Å². The minimum atomic E-state index is 0.222. The number of aryl methyl sites for hydroxylation is 2. The van der Waals surface area contributed by atoms with Crippen molar-refractivity contribution in [2.24, 2.45) is 0 Å². The Balaban J connectivity index is 1.42. The van der Waals surface area contributed by atoms with Gasteiger partial charge in [-0.1, -0.05) is 102 Å². The number of benzene rings is 6. The molecule has 3 heteroatoms. The lowest BCUT2D eigenvalue weighted by molar-refractivity contribution is 1.17. The highest BCUT2D eigenvalue weighted by atomic mass is 15.2. The van der Waals surface area contributed by atoms with Gasteiger partial charge in [-0.25, -0.2) is 0 Å². The van der Waals surface area contributed by atoms with Crippen molar-refractivity contribution in [2.45, 2.75) is 13.8 Å². The maximum Gasteiger partial charge on any atom is 0.248 e. The normalized spacial score (nSPS) is 13.0. The first kappa shape index (κ1) is 22.8. The van der Waals surface area contributed by atoms with Crippen LogP contribution in [0.25, 0.3) is 38.6 Å². The van der Waals surface area contributed by atoms with E-state index in [2.05, 4.69) is 151 Å². The van der Waals surface area contributed by atoms with Crippen LogP contribution in [0, 0.1) is 13.8 Å². The Morgan fingerprint density at radius 1 is 0.488 bits per heavy atom.